The first-order chi connectivity index (χ1) is 9.31. The lowest BCUT2D eigenvalue weighted by Crippen LogP contribution is -2.36. The molecule has 0 atom stereocenters. The van der Waals surface area contributed by atoms with Crippen LogP contribution in [-0.2, 0) is 0 Å². The predicted octanol–water partition coefficient (Wildman–Crippen LogP) is 2.11. The molecular weight excluding hydrogens is 240 g/mol. The van der Waals surface area contributed by atoms with Crippen LogP contribution in [-0.4, -0.2) is 28.0 Å². The van der Waals surface area contributed by atoms with E-state index < -0.39 is 0 Å². The summed E-state index contributed by atoms with van der Waals surface area (Å²) in [4.78, 5) is 20.6. The molecule has 1 aromatic rings. The van der Waals surface area contributed by atoms with Gasteiger partial charge in [0.15, 0.2) is 0 Å². The quantitative estimate of drug-likeness (QED) is 0.870. The molecule has 2 aliphatic rings. The molecule has 2 N–H and O–H groups in total. The molecule has 0 spiro atoms. The molecule has 0 bridgehead atoms. The highest BCUT2D eigenvalue weighted by Crippen LogP contribution is 2.22. The lowest BCUT2D eigenvalue weighted by Gasteiger charge is -2.22. The van der Waals surface area contributed by atoms with E-state index >= 15 is 0 Å². The van der Waals surface area contributed by atoms with Crippen LogP contribution in [0.3, 0.4) is 0 Å². The summed E-state index contributed by atoms with van der Waals surface area (Å²) in [6, 6.07) is 2.49. The fourth-order valence-electron chi connectivity index (χ4n) is 2.47. The molecule has 2 fully saturated rings. The average molecular weight is 260 g/mol. The van der Waals surface area contributed by atoms with Crippen LogP contribution in [0.4, 0.5) is 5.95 Å². The van der Waals surface area contributed by atoms with Crippen molar-refractivity contribution < 1.29 is 4.79 Å². The molecule has 19 heavy (non-hydrogen) atoms. The zero-order valence-electron chi connectivity index (χ0n) is 11.1. The molecule has 3 rings (SSSR count). The molecule has 102 valence electrons. The second kappa shape index (κ2) is 5.55. The molecule has 1 aromatic heterocycles. The fraction of sp³-hybridized carbons (Fsp3) is 0.643. The van der Waals surface area contributed by atoms with Gasteiger partial charge in [0.25, 0.3) is 5.91 Å². The van der Waals surface area contributed by atoms with Gasteiger partial charge in [-0.05, 0) is 31.7 Å². The molecule has 0 aliphatic heterocycles. The summed E-state index contributed by atoms with van der Waals surface area (Å²) >= 11 is 0. The molecule has 1 heterocycles. The van der Waals surface area contributed by atoms with Gasteiger partial charge in [0.1, 0.15) is 5.69 Å². The molecule has 0 radical (unpaired) electrons. The van der Waals surface area contributed by atoms with E-state index in [1.807, 2.05) is 0 Å². The van der Waals surface area contributed by atoms with Crippen LogP contribution in [0.1, 0.15) is 55.4 Å². The van der Waals surface area contributed by atoms with E-state index in [1.165, 1.54) is 32.1 Å². The molecule has 0 aromatic carbocycles. The molecule has 5 nitrogen and oxygen atoms in total. The van der Waals surface area contributed by atoms with Gasteiger partial charge in [-0.15, -0.1) is 0 Å². The maximum Gasteiger partial charge on any atom is 0.270 e. The van der Waals surface area contributed by atoms with E-state index in [4.69, 9.17) is 0 Å². The summed E-state index contributed by atoms with van der Waals surface area (Å²) in [7, 11) is 0. The highest BCUT2D eigenvalue weighted by Gasteiger charge is 2.22. The van der Waals surface area contributed by atoms with Gasteiger partial charge in [0.05, 0.1) is 0 Å². The molecule has 2 saturated carbocycles. The van der Waals surface area contributed by atoms with Crippen molar-refractivity contribution in [3.05, 3.63) is 18.0 Å². The number of nitrogens with zero attached hydrogens (tertiary/aromatic N) is 2. The molecule has 0 unspecified atom stereocenters. The summed E-state index contributed by atoms with van der Waals surface area (Å²) in [6.45, 7) is 0. The summed E-state index contributed by atoms with van der Waals surface area (Å²) in [5.74, 6) is 0.493. The van der Waals surface area contributed by atoms with Crippen LogP contribution in [0.5, 0.6) is 0 Å². The number of carbonyl (C=O) groups excluding carboxylic acids is 1. The number of hydrogen-bond donors (Lipinski definition) is 2. The van der Waals surface area contributed by atoms with Crippen LogP contribution in [0.2, 0.25) is 0 Å². The maximum absolute atomic E-state index is 12.1. The van der Waals surface area contributed by atoms with Gasteiger partial charge in [0, 0.05) is 18.3 Å². The third-order valence-electron chi connectivity index (χ3n) is 3.74. The highest BCUT2D eigenvalue weighted by atomic mass is 16.1. The zero-order chi connectivity index (χ0) is 13.1. The van der Waals surface area contributed by atoms with Gasteiger partial charge in [0.2, 0.25) is 5.95 Å². The van der Waals surface area contributed by atoms with Crippen LogP contribution < -0.4 is 10.6 Å². The van der Waals surface area contributed by atoms with Crippen molar-refractivity contribution in [3.63, 3.8) is 0 Å². The Morgan fingerprint density at radius 3 is 2.63 bits per heavy atom. The van der Waals surface area contributed by atoms with Gasteiger partial charge in [-0.1, -0.05) is 19.3 Å². The normalized spacial score (nSPS) is 20.0. The smallest absolute Gasteiger partial charge is 0.270 e. The fourth-order valence-corrected chi connectivity index (χ4v) is 2.47. The van der Waals surface area contributed by atoms with Crippen molar-refractivity contribution in [1.29, 1.82) is 0 Å². The topological polar surface area (TPSA) is 66.9 Å². The first-order valence-corrected chi connectivity index (χ1v) is 7.22. The summed E-state index contributed by atoms with van der Waals surface area (Å²) in [6.07, 6.45) is 9.87. The first-order valence-electron chi connectivity index (χ1n) is 7.22. The third-order valence-corrected chi connectivity index (χ3v) is 3.74. The Morgan fingerprint density at radius 2 is 1.89 bits per heavy atom. The van der Waals surface area contributed by atoms with Gasteiger partial charge in [-0.25, -0.2) is 9.97 Å². The summed E-state index contributed by atoms with van der Waals surface area (Å²) < 4.78 is 0. The monoisotopic (exact) mass is 260 g/mol. The third kappa shape index (κ3) is 3.43. The second-order valence-corrected chi connectivity index (χ2v) is 5.49. The van der Waals surface area contributed by atoms with Gasteiger partial charge < -0.3 is 10.6 Å². The number of amides is 1. The largest absolute Gasteiger partial charge is 0.351 e. The Hall–Kier alpha value is -1.65. The number of rotatable bonds is 4. The van der Waals surface area contributed by atoms with E-state index in [2.05, 4.69) is 20.6 Å². The first kappa shape index (κ1) is 12.4. The SMILES string of the molecule is O=C(NC1CCCCC1)c1ccnc(NC2CC2)n1. The minimum atomic E-state index is -0.0758. The Bertz CT molecular complexity index is 453. The second-order valence-electron chi connectivity index (χ2n) is 5.49. The van der Waals surface area contributed by atoms with E-state index in [0.29, 0.717) is 23.7 Å². The van der Waals surface area contributed by atoms with Crippen molar-refractivity contribution in [2.24, 2.45) is 0 Å². The van der Waals surface area contributed by atoms with E-state index in [1.54, 1.807) is 12.3 Å². The summed E-state index contributed by atoms with van der Waals surface area (Å²) in [5.41, 5.74) is 0.462. The highest BCUT2D eigenvalue weighted by molar-refractivity contribution is 5.92. The molecule has 1 amide bonds. The lowest BCUT2D eigenvalue weighted by molar-refractivity contribution is 0.0922. The van der Waals surface area contributed by atoms with Crippen LogP contribution in [0.25, 0.3) is 0 Å². The number of aromatic nitrogens is 2. The Balaban J connectivity index is 1.61. The number of anilines is 1. The van der Waals surface area contributed by atoms with Crippen molar-refractivity contribution in [2.75, 3.05) is 5.32 Å². The van der Waals surface area contributed by atoms with Crippen molar-refractivity contribution in [1.82, 2.24) is 15.3 Å². The standard InChI is InChI=1S/C14H20N4O/c19-13(16-10-4-2-1-3-5-10)12-8-9-15-14(18-12)17-11-6-7-11/h8-11H,1-7H2,(H,16,19)(H,15,17,18). The van der Waals surface area contributed by atoms with Gasteiger partial charge in [-0.3, -0.25) is 4.79 Å². The van der Waals surface area contributed by atoms with E-state index in [0.717, 1.165) is 12.8 Å². The Morgan fingerprint density at radius 1 is 1.11 bits per heavy atom. The van der Waals surface area contributed by atoms with Crippen LogP contribution in [0, 0.1) is 0 Å². The minimum Gasteiger partial charge on any atom is -0.351 e. The predicted molar refractivity (Wildman–Crippen MR) is 73.0 cm³/mol. The van der Waals surface area contributed by atoms with Gasteiger partial charge in [-0.2, -0.15) is 0 Å². The molecule has 5 heteroatoms. The number of nitrogens with one attached hydrogen (secondary N) is 2. The van der Waals surface area contributed by atoms with Gasteiger partial charge >= 0.3 is 0 Å². The number of carbonyl (C=O) groups is 1. The van der Waals surface area contributed by atoms with Crippen LogP contribution in [0.15, 0.2) is 12.3 Å². The average Bonchev–Trinajstić information content (AvgIpc) is 3.24. The zero-order valence-corrected chi connectivity index (χ0v) is 11.1. The Labute approximate surface area is 113 Å². The van der Waals surface area contributed by atoms with E-state index in [-0.39, 0.29) is 5.91 Å². The molecule has 2 aliphatic carbocycles. The maximum atomic E-state index is 12.1. The lowest BCUT2D eigenvalue weighted by atomic mass is 9.95. The molecular formula is C14H20N4O. The van der Waals surface area contributed by atoms with Crippen LogP contribution >= 0.6 is 0 Å². The van der Waals surface area contributed by atoms with Crippen molar-refractivity contribution in [2.45, 2.75) is 57.0 Å². The van der Waals surface area contributed by atoms with E-state index in [9.17, 15) is 4.79 Å². The summed E-state index contributed by atoms with van der Waals surface area (Å²) in [5, 5.41) is 6.29. The minimum absolute atomic E-state index is 0.0758. The van der Waals surface area contributed by atoms with Crippen molar-refractivity contribution >= 4 is 11.9 Å². The Kier molecular flexibility index (Phi) is 3.62. The number of hydrogen-bond acceptors (Lipinski definition) is 4. The molecule has 0 saturated heterocycles. The van der Waals surface area contributed by atoms with Crippen molar-refractivity contribution in [3.8, 4) is 0 Å².